The van der Waals surface area contributed by atoms with E-state index in [2.05, 4.69) is 28.6 Å². The number of aliphatic hydroxyl groups is 1. The first-order valence-corrected chi connectivity index (χ1v) is 10.2. The zero-order valence-corrected chi connectivity index (χ0v) is 18.4. The molecule has 29 heavy (non-hydrogen) atoms. The average molecular weight is 435 g/mol. The lowest BCUT2D eigenvalue weighted by Gasteiger charge is -2.27. The lowest BCUT2D eigenvalue weighted by atomic mass is 9.99. The number of aliphatic carboxylic acids is 1. The molecule has 0 aromatic rings. The van der Waals surface area contributed by atoms with E-state index in [9.17, 15) is 24.3 Å². The number of nitrogens with two attached hydrogens (primary N) is 1. The third-order valence-corrected chi connectivity index (χ3v) is 5.03. The molecule has 0 saturated heterocycles. The Balaban J connectivity index is 5.21. The minimum atomic E-state index is -1.52. The number of nitrogens with one attached hydrogen (secondary N) is 3. The van der Waals surface area contributed by atoms with E-state index < -0.39 is 54.0 Å². The van der Waals surface area contributed by atoms with Crippen LogP contribution in [-0.2, 0) is 19.2 Å². The molecule has 0 aromatic carbocycles. The fraction of sp³-hybridized carbons (Fsp3) is 0.778. The number of hydrogen-bond acceptors (Lipinski definition) is 7. The second-order valence-corrected chi connectivity index (χ2v) is 7.82. The summed E-state index contributed by atoms with van der Waals surface area (Å²) < 4.78 is 0. The van der Waals surface area contributed by atoms with Crippen LogP contribution in [0.4, 0.5) is 0 Å². The van der Waals surface area contributed by atoms with E-state index in [0.29, 0.717) is 6.42 Å². The van der Waals surface area contributed by atoms with E-state index in [1.807, 2.05) is 13.8 Å². The second kappa shape index (κ2) is 12.7. The van der Waals surface area contributed by atoms with Gasteiger partial charge in [0.25, 0.3) is 0 Å². The van der Waals surface area contributed by atoms with Crippen molar-refractivity contribution in [2.75, 3.05) is 5.75 Å². The summed E-state index contributed by atoms with van der Waals surface area (Å²) in [6.45, 7) is 8.27. The van der Waals surface area contributed by atoms with E-state index in [4.69, 9.17) is 10.8 Å². The maximum absolute atomic E-state index is 12.6. The summed E-state index contributed by atoms with van der Waals surface area (Å²) in [5.41, 5.74) is 5.87. The predicted molar refractivity (Wildman–Crippen MR) is 111 cm³/mol. The Morgan fingerprint density at radius 3 is 1.83 bits per heavy atom. The predicted octanol–water partition coefficient (Wildman–Crippen LogP) is -1.13. The Morgan fingerprint density at radius 2 is 1.45 bits per heavy atom. The SMILES string of the molecule is CCC(C)C(N)C(=O)NC(CS)C(=O)NC(C(=O)NC(C(=O)O)C(C)O)C(C)C. The summed E-state index contributed by atoms with van der Waals surface area (Å²) >= 11 is 4.08. The Kier molecular flexibility index (Phi) is 11.8. The van der Waals surface area contributed by atoms with Gasteiger partial charge in [-0.25, -0.2) is 4.79 Å². The average Bonchev–Trinajstić information content (AvgIpc) is 2.65. The molecule has 0 saturated carbocycles. The largest absolute Gasteiger partial charge is 0.480 e. The van der Waals surface area contributed by atoms with Crippen molar-refractivity contribution in [3.63, 3.8) is 0 Å². The molecule has 0 aliphatic carbocycles. The van der Waals surface area contributed by atoms with Crippen LogP contribution in [0.3, 0.4) is 0 Å². The van der Waals surface area contributed by atoms with Crippen molar-refractivity contribution in [1.29, 1.82) is 0 Å². The number of rotatable bonds is 12. The minimum absolute atomic E-state index is 0.0251. The van der Waals surface area contributed by atoms with E-state index in [-0.39, 0.29) is 17.6 Å². The van der Waals surface area contributed by atoms with E-state index in [1.165, 1.54) is 6.92 Å². The molecule has 10 nitrogen and oxygen atoms in total. The molecule has 6 atom stereocenters. The monoisotopic (exact) mass is 434 g/mol. The van der Waals surface area contributed by atoms with E-state index in [1.54, 1.807) is 13.8 Å². The van der Waals surface area contributed by atoms with Gasteiger partial charge in [-0.05, 0) is 18.8 Å². The van der Waals surface area contributed by atoms with Gasteiger partial charge in [0.2, 0.25) is 17.7 Å². The van der Waals surface area contributed by atoms with Crippen molar-refractivity contribution in [3.8, 4) is 0 Å². The fourth-order valence-corrected chi connectivity index (χ4v) is 2.65. The molecule has 7 N–H and O–H groups in total. The van der Waals surface area contributed by atoms with Crippen molar-refractivity contribution in [1.82, 2.24) is 16.0 Å². The standard InChI is InChI=1S/C18H34N4O6S/c1-6-9(4)12(19)16(25)20-11(7-29)15(24)21-13(8(2)3)17(26)22-14(10(5)23)18(27)28/h8-14,23,29H,6-7,19H2,1-5H3,(H,20,25)(H,21,24)(H,22,26)(H,27,28). The summed E-state index contributed by atoms with van der Waals surface area (Å²) in [6.07, 6.45) is -0.637. The molecule has 0 radical (unpaired) electrons. The lowest BCUT2D eigenvalue weighted by molar-refractivity contribution is -0.145. The van der Waals surface area contributed by atoms with Gasteiger partial charge in [-0.15, -0.1) is 0 Å². The van der Waals surface area contributed by atoms with Crippen LogP contribution < -0.4 is 21.7 Å². The highest BCUT2D eigenvalue weighted by atomic mass is 32.1. The first-order valence-electron chi connectivity index (χ1n) is 9.55. The molecular formula is C18H34N4O6S. The summed E-state index contributed by atoms with van der Waals surface area (Å²) in [7, 11) is 0. The van der Waals surface area contributed by atoms with Crippen LogP contribution in [0.2, 0.25) is 0 Å². The first kappa shape index (κ1) is 27.1. The van der Waals surface area contributed by atoms with Crippen LogP contribution in [0.25, 0.3) is 0 Å². The van der Waals surface area contributed by atoms with Gasteiger partial charge in [-0.2, -0.15) is 12.6 Å². The summed E-state index contributed by atoms with van der Waals surface area (Å²) in [4.78, 5) is 48.5. The number of carbonyl (C=O) groups excluding carboxylic acids is 3. The quantitative estimate of drug-likeness (QED) is 0.190. The highest BCUT2D eigenvalue weighted by Gasteiger charge is 2.33. The molecule has 0 rings (SSSR count). The van der Waals surface area contributed by atoms with E-state index in [0.717, 1.165) is 0 Å². The third-order valence-electron chi connectivity index (χ3n) is 4.67. The number of aliphatic hydroxyl groups excluding tert-OH is 1. The highest BCUT2D eigenvalue weighted by Crippen LogP contribution is 2.07. The zero-order chi connectivity index (χ0) is 22.9. The van der Waals surface area contributed by atoms with Gasteiger partial charge in [-0.3, -0.25) is 14.4 Å². The molecule has 0 aliphatic rings. The molecule has 0 heterocycles. The van der Waals surface area contributed by atoms with Gasteiger partial charge >= 0.3 is 5.97 Å². The number of amides is 3. The number of hydrogen-bond donors (Lipinski definition) is 7. The zero-order valence-electron chi connectivity index (χ0n) is 17.5. The molecule has 3 amide bonds. The Bertz CT molecular complexity index is 587. The smallest absolute Gasteiger partial charge is 0.328 e. The molecule has 6 unspecified atom stereocenters. The summed E-state index contributed by atoms with van der Waals surface area (Å²) in [5.74, 6) is -3.81. The van der Waals surface area contributed by atoms with Crippen molar-refractivity contribution in [3.05, 3.63) is 0 Å². The molecule has 0 spiro atoms. The van der Waals surface area contributed by atoms with Crippen LogP contribution in [-0.4, -0.2) is 69.9 Å². The van der Waals surface area contributed by atoms with Crippen LogP contribution in [0.1, 0.15) is 41.0 Å². The molecule has 0 bridgehead atoms. The Hall–Kier alpha value is -1.85. The summed E-state index contributed by atoms with van der Waals surface area (Å²) in [6, 6.07) is -4.41. The Morgan fingerprint density at radius 1 is 0.931 bits per heavy atom. The molecule has 0 aromatic heterocycles. The molecule has 0 fully saturated rings. The van der Waals surface area contributed by atoms with Gasteiger partial charge in [0.15, 0.2) is 6.04 Å². The van der Waals surface area contributed by atoms with Crippen molar-refractivity contribution < 1.29 is 29.4 Å². The normalized spacial score (nSPS) is 17.4. The topological polar surface area (TPSA) is 171 Å². The number of thiol groups is 1. The Labute approximate surface area is 176 Å². The molecule has 168 valence electrons. The number of carboxylic acid groups (broad SMARTS) is 1. The number of carboxylic acids is 1. The van der Waals surface area contributed by atoms with Gasteiger partial charge in [0, 0.05) is 5.75 Å². The van der Waals surface area contributed by atoms with Crippen molar-refractivity contribution in [2.45, 2.75) is 71.3 Å². The van der Waals surface area contributed by atoms with Crippen LogP contribution in [0.5, 0.6) is 0 Å². The maximum atomic E-state index is 12.6. The van der Waals surface area contributed by atoms with Crippen molar-refractivity contribution in [2.24, 2.45) is 17.6 Å². The maximum Gasteiger partial charge on any atom is 0.328 e. The van der Waals surface area contributed by atoms with E-state index >= 15 is 0 Å². The van der Waals surface area contributed by atoms with Crippen LogP contribution >= 0.6 is 12.6 Å². The third kappa shape index (κ3) is 8.58. The first-order chi connectivity index (χ1) is 13.4. The van der Waals surface area contributed by atoms with Gasteiger partial charge in [0.05, 0.1) is 12.1 Å². The van der Waals surface area contributed by atoms with Gasteiger partial charge < -0.3 is 31.9 Å². The summed E-state index contributed by atoms with van der Waals surface area (Å²) in [5, 5.41) is 25.9. The number of carbonyl (C=O) groups is 4. The second-order valence-electron chi connectivity index (χ2n) is 7.45. The lowest BCUT2D eigenvalue weighted by Crippen LogP contribution is -2.60. The van der Waals surface area contributed by atoms with Gasteiger partial charge in [0.1, 0.15) is 12.1 Å². The van der Waals surface area contributed by atoms with Crippen LogP contribution in [0, 0.1) is 11.8 Å². The molecule has 0 aliphatic heterocycles. The highest BCUT2D eigenvalue weighted by molar-refractivity contribution is 7.80. The fourth-order valence-electron chi connectivity index (χ4n) is 2.39. The molecular weight excluding hydrogens is 400 g/mol. The minimum Gasteiger partial charge on any atom is -0.480 e. The van der Waals surface area contributed by atoms with Crippen LogP contribution in [0.15, 0.2) is 0 Å². The van der Waals surface area contributed by atoms with Crippen molar-refractivity contribution >= 4 is 36.3 Å². The molecule has 11 heteroatoms. The van der Waals surface area contributed by atoms with Gasteiger partial charge in [-0.1, -0.05) is 34.1 Å².